The molecule has 0 N–H and O–H groups in total. The van der Waals surface area contributed by atoms with Gasteiger partial charge in [0.25, 0.3) is 0 Å². The monoisotopic (exact) mass is 831 g/mol. The maximum absolute atomic E-state index is 5.13. The fraction of sp³-hybridized carbons (Fsp3) is 0.105. The number of aromatic nitrogens is 3. The van der Waals surface area contributed by atoms with Crippen LogP contribution in [0.25, 0.3) is 99.9 Å². The standard InChI is InChI=1S/C57H49N3Si2/c1-61(2,3)47-29-24-38(25-30-47)55-58-56(39-26-31-48(32-27-39)62(4,5)6)60-57(59-55)46-19-13-18-44(36-46)42-16-11-14-40(34-42)41-15-12-17-43(35-41)45-28-33-53-51-22-8-7-20-49(51)50-21-9-10-23-52(50)54(53)37-45/h7-37H,1-6H3. The van der Waals surface area contributed by atoms with E-state index in [0.717, 1.165) is 27.8 Å². The molecule has 0 saturated carbocycles. The molecule has 10 rings (SSSR count). The van der Waals surface area contributed by atoms with E-state index in [1.54, 1.807) is 0 Å². The van der Waals surface area contributed by atoms with Crippen LogP contribution in [0.2, 0.25) is 39.3 Å². The summed E-state index contributed by atoms with van der Waals surface area (Å²) in [5, 5.41) is 10.5. The third-order valence-electron chi connectivity index (χ3n) is 12.2. The third kappa shape index (κ3) is 7.59. The number of hydrogen-bond donors (Lipinski definition) is 0. The van der Waals surface area contributed by atoms with E-state index in [2.05, 4.69) is 227 Å². The average Bonchev–Trinajstić information content (AvgIpc) is 3.31. The molecule has 1 aromatic heterocycles. The number of nitrogens with zero attached hydrogens (tertiary/aromatic N) is 3. The van der Waals surface area contributed by atoms with Crippen molar-refractivity contribution in [2.24, 2.45) is 0 Å². The molecule has 0 fully saturated rings. The Labute approximate surface area is 366 Å². The van der Waals surface area contributed by atoms with E-state index in [-0.39, 0.29) is 0 Å². The summed E-state index contributed by atoms with van der Waals surface area (Å²) in [4.78, 5) is 15.3. The van der Waals surface area contributed by atoms with Crippen LogP contribution < -0.4 is 10.4 Å². The molecule has 0 spiro atoms. The van der Waals surface area contributed by atoms with Crippen LogP contribution in [0.15, 0.2) is 188 Å². The molecular weight excluding hydrogens is 783 g/mol. The number of fused-ring (bicyclic) bond motifs is 6. The SMILES string of the molecule is C[Si](C)(C)c1ccc(-c2nc(-c3ccc([Si](C)(C)C)cc3)nc(-c3cccc(-c4cccc(-c5cccc(-c6ccc7c8ccccc8c8ccccc8c7c6)c5)c4)c3)n2)cc1. The number of rotatable bonds is 8. The molecule has 0 aliphatic heterocycles. The molecule has 1 heterocycles. The largest absolute Gasteiger partial charge is 0.208 e. The molecule has 0 aliphatic carbocycles. The highest BCUT2D eigenvalue weighted by Gasteiger charge is 2.20. The lowest BCUT2D eigenvalue weighted by Crippen LogP contribution is -2.37. The summed E-state index contributed by atoms with van der Waals surface area (Å²) < 4.78 is 0. The normalized spacial score (nSPS) is 12.0. The summed E-state index contributed by atoms with van der Waals surface area (Å²) in [6.07, 6.45) is 0. The zero-order valence-electron chi connectivity index (χ0n) is 36.2. The first kappa shape index (κ1) is 39.3. The van der Waals surface area contributed by atoms with E-state index in [1.165, 1.54) is 64.9 Å². The van der Waals surface area contributed by atoms with Crippen molar-refractivity contribution < 1.29 is 0 Å². The van der Waals surface area contributed by atoms with Crippen molar-refractivity contribution >= 4 is 58.8 Å². The van der Waals surface area contributed by atoms with E-state index >= 15 is 0 Å². The third-order valence-corrected chi connectivity index (χ3v) is 16.4. The minimum atomic E-state index is -1.46. The molecule has 62 heavy (non-hydrogen) atoms. The second-order valence-electron chi connectivity index (χ2n) is 18.6. The Kier molecular flexibility index (Phi) is 9.89. The molecule has 0 bridgehead atoms. The molecule has 9 aromatic carbocycles. The average molecular weight is 832 g/mol. The molecule has 0 saturated heterocycles. The van der Waals surface area contributed by atoms with E-state index < -0.39 is 16.1 Å². The molecule has 3 nitrogen and oxygen atoms in total. The van der Waals surface area contributed by atoms with Crippen LogP contribution in [-0.2, 0) is 0 Å². The van der Waals surface area contributed by atoms with Crippen molar-refractivity contribution in [3.8, 4) is 67.5 Å². The van der Waals surface area contributed by atoms with Crippen molar-refractivity contribution in [2.75, 3.05) is 0 Å². The summed E-state index contributed by atoms with van der Waals surface area (Å²) in [7, 11) is -2.93. The highest BCUT2D eigenvalue weighted by atomic mass is 28.3. The molecule has 10 aromatic rings. The fourth-order valence-corrected chi connectivity index (χ4v) is 11.0. The van der Waals surface area contributed by atoms with E-state index in [0.29, 0.717) is 17.5 Å². The van der Waals surface area contributed by atoms with Gasteiger partial charge in [0.1, 0.15) is 0 Å². The van der Waals surface area contributed by atoms with Crippen LogP contribution in [0.1, 0.15) is 0 Å². The summed E-state index contributed by atoms with van der Waals surface area (Å²) in [5.41, 5.74) is 9.93. The van der Waals surface area contributed by atoms with Crippen LogP contribution in [0.5, 0.6) is 0 Å². The fourth-order valence-electron chi connectivity index (χ4n) is 8.68. The molecule has 0 radical (unpaired) electrons. The lowest BCUT2D eigenvalue weighted by Gasteiger charge is -2.17. The van der Waals surface area contributed by atoms with Crippen LogP contribution in [-0.4, -0.2) is 31.1 Å². The Morgan fingerprint density at radius 1 is 0.242 bits per heavy atom. The van der Waals surface area contributed by atoms with Crippen molar-refractivity contribution in [1.82, 2.24) is 15.0 Å². The van der Waals surface area contributed by atoms with Crippen LogP contribution in [0.4, 0.5) is 0 Å². The van der Waals surface area contributed by atoms with Gasteiger partial charge in [-0.15, -0.1) is 0 Å². The Bertz CT molecular complexity index is 3190. The number of benzene rings is 9. The molecule has 0 atom stereocenters. The smallest absolute Gasteiger partial charge is 0.164 e. The summed E-state index contributed by atoms with van der Waals surface area (Å²) >= 11 is 0. The highest BCUT2D eigenvalue weighted by molar-refractivity contribution is 6.89. The lowest BCUT2D eigenvalue weighted by atomic mass is 9.91. The first-order valence-electron chi connectivity index (χ1n) is 21.6. The summed E-state index contributed by atoms with van der Waals surface area (Å²) in [5.74, 6) is 2.03. The predicted molar refractivity (Wildman–Crippen MR) is 271 cm³/mol. The Morgan fingerprint density at radius 3 is 0.919 bits per heavy atom. The van der Waals surface area contributed by atoms with Gasteiger partial charge in [-0.1, -0.05) is 213 Å². The Morgan fingerprint density at radius 2 is 0.532 bits per heavy atom. The predicted octanol–water partition coefficient (Wildman–Crippen LogP) is 14.4. The molecule has 0 unspecified atom stereocenters. The zero-order valence-corrected chi connectivity index (χ0v) is 38.2. The van der Waals surface area contributed by atoms with Gasteiger partial charge < -0.3 is 0 Å². The molecular formula is C57H49N3Si2. The van der Waals surface area contributed by atoms with E-state index in [1.807, 2.05) is 0 Å². The van der Waals surface area contributed by atoms with E-state index in [9.17, 15) is 0 Å². The van der Waals surface area contributed by atoms with Crippen molar-refractivity contribution in [2.45, 2.75) is 39.3 Å². The van der Waals surface area contributed by atoms with Gasteiger partial charge in [0.15, 0.2) is 17.5 Å². The zero-order chi connectivity index (χ0) is 42.6. The van der Waals surface area contributed by atoms with Gasteiger partial charge in [-0.2, -0.15) is 0 Å². The quantitative estimate of drug-likeness (QED) is 0.113. The van der Waals surface area contributed by atoms with Crippen LogP contribution in [0.3, 0.4) is 0 Å². The van der Waals surface area contributed by atoms with Gasteiger partial charge in [0.05, 0.1) is 16.1 Å². The molecule has 5 heteroatoms. The van der Waals surface area contributed by atoms with Crippen molar-refractivity contribution in [3.05, 3.63) is 188 Å². The Balaban J connectivity index is 1.01. The summed E-state index contributed by atoms with van der Waals surface area (Å²) in [6.45, 7) is 14.2. The van der Waals surface area contributed by atoms with Crippen LogP contribution >= 0.6 is 0 Å². The van der Waals surface area contributed by atoms with Gasteiger partial charge in [0.2, 0.25) is 0 Å². The van der Waals surface area contributed by atoms with Gasteiger partial charge in [0, 0.05) is 16.7 Å². The molecule has 0 aliphatic rings. The van der Waals surface area contributed by atoms with Crippen LogP contribution in [0, 0.1) is 0 Å². The minimum Gasteiger partial charge on any atom is -0.208 e. The lowest BCUT2D eigenvalue weighted by molar-refractivity contribution is 1.07. The van der Waals surface area contributed by atoms with Gasteiger partial charge in [-0.3, -0.25) is 0 Å². The second-order valence-corrected chi connectivity index (χ2v) is 28.7. The first-order valence-corrected chi connectivity index (χ1v) is 28.6. The van der Waals surface area contributed by atoms with Gasteiger partial charge in [-0.05, 0) is 90.0 Å². The van der Waals surface area contributed by atoms with Crippen molar-refractivity contribution in [1.29, 1.82) is 0 Å². The maximum atomic E-state index is 5.13. The van der Waals surface area contributed by atoms with Gasteiger partial charge >= 0.3 is 0 Å². The second kappa shape index (κ2) is 15.6. The minimum absolute atomic E-state index is 0.662. The maximum Gasteiger partial charge on any atom is 0.164 e. The highest BCUT2D eigenvalue weighted by Crippen LogP contribution is 2.38. The van der Waals surface area contributed by atoms with E-state index in [4.69, 9.17) is 15.0 Å². The number of hydrogen-bond acceptors (Lipinski definition) is 3. The topological polar surface area (TPSA) is 38.7 Å². The first-order chi connectivity index (χ1) is 30.0. The Hall–Kier alpha value is -6.80. The molecule has 300 valence electrons. The van der Waals surface area contributed by atoms with Crippen molar-refractivity contribution in [3.63, 3.8) is 0 Å². The molecule has 0 amide bonds. The summed E-state index contributed by atoms with van der Waals surface area (Å²) in [6, 6.07) is 68.6. The van der Waals surface area contributed by atoms with Gasteiger partial charge in [-0.25, -0.2) is 15.0 Å².